The van der Waals surface area contributed by atoms with E-state index >= 15 is 0 Å². The minimum absolute atomic E-state index is 0.338. The molecule has 3 N–H and O–H groups in total. The lowest BCUT2D eigenvalue weighted by molar-refractivity contribution is 0.356. The molecule has 0 amide bonds. The van der Waals surface area contributed by atoms with Crippen LogP contribution in [-0.2, 0) is 23.1 Å². The van der Waals surface area contributed by atoms with Crippen LogP contribution in [0.1, 0.15) is 30.3 Å². The highest BCUT2D eigenvalue weighted by Gasteiger charge is 2.15. The molecular formula is C24H26N4O4S. The molecule has 0 bridgehead atoms. The summed E-state index contributed by atoms with van der Waals surface area (Å²) in [5, 5.41) is 8.02. The normalized spacial score (nSPS) is 11.6. The quantitative estimate of drug-likeness (QED) is 0.406. The number of anilines is 1. The number of para-hydroxylation sites is 1. The molecule has 4 rings (SSSR count). The first-order valence-corrected chi connectivity index (χ1v) is 12.1. The van der Waals surface area contributed by atoms with Crippen LogP contribution >= 0.6 is 0 Å². The van der Waals surface area contributed by atoms with Crippen LogP contribution in [0.25, 0.3) is 21.7 Å². The van der Waals surface area contributed by atoms with Crippen LogP contribution in [0.5, 0.6) is 11.5 Å². The largest absolute Gasteiger partial charge is 0.493 e. The Hall–Kier alpha value is -3.43. The van der Waals surface area contributed by atoms with Crippen LogP contribution in [0.2, 0.25) is 0 Å². The molecule has 8 nitrogen and oxygen atoms in total. The minimum atomic E-state index is -3.92. The summed E-state index contributed by atoms with van der Waals surface area (Å²) < 4.78 is 36.5. The summed E-state index contributed by atoms with van der Waals surface area (Å²) in [6, 6.07) is 13.0. The van der Waals surface area contributed by atoms with Crippen molar-refractivity contribution in [3.63, 3.8) is 0 Å². The molecule has 0 radical (unpaired) electrons. The lowest BCUT2D eigenvalue weighted by Crippen LogP contribution is -2.22. The Kier molecular flexibility index (Phi) is 6.35. The Balaban J connectivity index is 1.83. The first-order valence-electron chi connectivity index (χ1n) is 10.5. The number of hydrogen-bond acceptors (Lipinski definition) is 6. The topological polar surface area (TPSA) is 116 Å². The van der Waals surface area contributed by atoms with Crippen molar-refractivity contribution >= 4 is 37.6 Å². The van der Waals surface area contributed by atoms with Gasteiger partial charge in [0.1, 0.15) is 0 Å². The number of nitrogens with one attached hydrogen (secondary N) is 1. The molecule has 0 aliphatic rings. The van der Waals surface area contributed by atoms with Gasteiger partial charge in [-0.2, -0.15) is 8.42 Å². The minimum Gasteiger partial charge on any atom is -0.493 e. The van der Waals surface area contributed by atoms with E-state index in [1.54, 1.807) is 26.4 Å². The second-order valence-corrected chi connectivity index (χ2v) is 9.03. The van der Waals surface area contributed by atoms with Gasteiger partial charge in [0, 0.05) is 34.8 Å². The average Bonchev–Trinajstić information content (AvgIpc) is 2.79. The molecule has 0 spiro atoms. The van der Waals surface area contributed by atoms with Crippen LogP contribution in [-0.4, -0.2) is 32.6 Å². The molecule has 0 atom stereocenters. The van der Waals surface area contributed by atoms with E-state index in [0.29, 0.717) is 29.1 Å². The van der Waals surface area contributed by atoms with Crippen molar-refractivity contribution in [2.75, 3.05) is 18.9 Å². The third kappa shape index (κ3) is 4.84. The van der Waals surface area contributed by atoms with Gasteiger partial charge in [-0.1, -0.05) is 31.5 Å². The van der Waals surface area contributed by atoms with E-state index in [9.17, 15) is 8.42 Å². The van der Waals surface area contributed by atoms with Gasteiger partial charge in [0.25, 0.3) is 10.2 Å². The summed E-state index contributed by atoms with van der Waals surface area (Å²) >= 11 is 0. The molecular weight excluding hydrogens is 440 g/mol. The summed E-state index contributed by atoms with van der Waals surface area (Å²) in [6.45, 7) is 2.12. The Morgan fingerprint density at radius 2 is 1.76 bits per heavy atom. The molecule has 0 aliphatic carbocycles. The first kappa shape index (κ1) is 22.8. The Morgan fingerprint density at radius 3 is 2.42 bits per heavy atom. The number of benzene rings is 2. The fourth-order valence-electron chi connectivity index (χ4n) is 3.97. The van der Waals surface area contributed by atoms with Gasteiger partial charge < -0.3 is 9.47 Å². The van der Waals surface area contributed by atoms with Gasteiger partial charge in [0.05, 0.1) is 25.4 Å². The van der Waals surface area contributed by atoms with E-state index in [0.717, 1.165) is 46.0 Å². The second-order valence-electron chi connectivity index (χ2n) is 7.74. The second kappa shape index (κ2) is 9.21. The van der Waals surface area contributed by atoms with E-state index < -0.39 is 10.2 Å². The molecule has 172 valence electrons. The van der Waals surface area contributed by atoms with Crippen LogP contribution < -0.4 is 19.3 Å². The predicted molar refractivity (Wildman–Crippen MR) is 130 cm³/mol. The highest BCUT2D eigenvalue weighted by molar-refractivity contribution is 7.90. The number of pyridine rings is 2. The van der Waals surface area contributed by atoms with Crippen molar-refractivity contribution in [2.24, 2.45) is 5.14 Å². The van der Waals surface area contributed by atoms with E-state index in [1.165, 1.54) is 0 Å². The zero-order chi connectivity index (χ0) is 23.6. The highest BCUT2D eigenvalue weighted by atomic mass is 32.2. The van der Waals surface area contributed by atoms with Gasteiger partial charge in [-0.25, -0.2) is 5.14 Å². The number of ether oxygens (including phenoxy) is 2. The standard InChI is InChI=1S/C24H26N4O4S/c1-4-6-20-19-13-23(32-3)22(31-2)12-18(19)16(14-26-20)11-17-10-9-15-7-5-8-21(24(15)27-17)28-33(25,29)30/h5,7-10,12-14,28H,4,6,11H2,1-3H3,(H2,25,29,30). The molecule has 33 heavy (non-hydrogen) atoms. The van der Waals surface area contributed by atoms with Crippen molar-refractivity contribution in [1.82, 2.24) is 9.97 Å². The van der Waals surface area contributed by atoms with Gasteiger partial charge >= 0.3 is 0 Å². The maximum absolute atomic E-state index is 11.6. The van der Waals surface area contributed by atoms with Crippen molar-refractivity contribution in [3.8, 4) is 11.5 Å². The Morgan fingerprint density at radius 1 is 1.03 bits per heavy atom. The zero-order valence-corrected chi connectivity index (χ0v) is 19.6. The molecule has 2 aromatic heterocycles. The van der Waals surface area contributed by atoms with Gasteiger partial charge in [0.15, 0.2) is 11.5 Å². The Labute approximate surface area is 192 Å². The van der Waals surface area contributed by atoms with Gasteiger partial charge in [-0.15, -0.1) is 0 Å². The maximum Gasteiger partial charge on any atom is 0.296 e. The van der Waals surface area contributed by atoms with Crippen LogP contribution in [0.3, 0.4) is 0 Å². The van der Waals surface area contributed by atoms with E-state index in [2.05, 4.69) is 11.6 Å². The Bertz CT molecular complexity index is 1440. The lowest BCUT2D eigenvalue weighted by Gasteiger charge is -2.15. The fourth-order valence-corrected chi connectivity index (χ4v) is 4.44. The number of hydrogen-bond donors (Lipinski definition) is 2. The van der Waals surface area contributed by atoms with Crippen molar-refractivity contribution < 1.29 is 17.9 Å². The lowest BCUT2D eigenvalue weighted by atomic mass is 9.99. The number of nitrogens with zero attached hydrogens (tertiary/aromatic N) is 2. The summed E-state index contributed by atoms with van der Waals surface area (Å²) in [4.78, 5) is 9.45. The number of aryl methyl sites for hydroxylation is 1. The molecule has 0 unspecified atom stereocenters. The average molecular weight is 467 g/mol. The predicted octanol–water partition coefficient (Wildman–Crippen LogP) is 3.96. The monoisotopic (exact) mass is 466 g/mol. The maximum atomic E-state index is 11.6. The molecule has 0 fully saturated rings. The zero-order valence-electron chi connectivity index (χ0n) is 18.8. The first-order chi connectivity index (χ1) is 15.8. The summed E-state index contributed by atoms with van der Waals surface area (Å²) in [5.74, 6) is 1.30. The molecule has 9 heteroatoms. The van der Waals surface area contributed by atoms with Crippen LogP contribution in [0.15, 0.2) is 48.7 Å². The molecule has 0 saturated carbocycles. The molecule has 0 saturated heterocycles. The molecule has 2 heterocycles. The van der Waals surface area contributed by atoms with E-state index in [1.807, 2.05) is 36.5 Å². The molecule has 4 aromatic rings. The van der Waals surface area contributed by atoms with Crippen LogP contribution in [0.4, 0.5) is 5.69 Å². The van der Waals surface area contributed by atoms with Crippen molar-refractivity contribution in [3.05, 3.63) is 65.6 Å². The smallest absolute Gasteiger partial charge is 0.296 e. The number of nitrogens with two attached hydrogens (primary N) is 1. The molecule has 0 aliphatic heterocycles. The summed E-state index contributed by atoms with van der Waals surface area (Å²) in [5.41, 5.74) is 3.62. The number of aromatic nitrogens is 2. The van der Waals surface area contributed by atoms with Crippen LogP contribution in [0, 0.1) is 0 Å². The number of fused-ring (bicyclic) bond motifs is 2. The SMILES string of the molecule is CCCc1ncc(Cc2ccc3cccc(NS(N)(=O)=O)c3n2)c2cc(OC)c(OC)cc12. The van der Waals surface area contributed by atoms with Crippen molar-refractivity contribution in [1.29, 1.82) is 0 Å². The summed E-state index contributed by atoms with van der Waals surface area (Å²) in [6.07, 6.45) is 4.20. The van der Waals surface area contributed by atoms with Crippen molar-refractivity contribution in [2.45, 2.75) is 26.2 Å². The molecule has 2 aromatic carbocycles. The van der Waals surface area contributed by atoms with Gasteiger partial charge in [-0.3, -0.25) is 14.7 Å². The highest BCUT2D eigenvalue weighted by Crippen LogP contribution is 2.35. The van der Waals surface area contributed by atoms with E-state index in [4.69, 9.17) is 24.6 Å². The van der Waals surface area contributed by atoms with Gasteiger partial charge in [0.2, 0.25) is 0 Å². The fraction of sp³-hybridized carbons (Fsp3) is 0.250. The third-order valence-electron chi connectivity index (χ3n) is 5.45. The number of methoxy groups -OCH3 is 2. The van der Waals surface area contributed by atoms with Gasteiger partial charge in [-0.05, 0) is 41.6 Å². The van der Waals surface area contributed by atoms with E-state index in [-0.39, 0.29) is 0 Å². The summed E-state index contributed by atoms with van der Waals surface area (Å²) in [7, 11) is -0.688. The third-order valence-corrected chi connectivity index (χ3v) is 5.95. The number of rotatable bonds is 8.